The molecule has 1 aliphatic rings. The lowest BCUT2D eigenvalue weighted by molar-refractivity contribution is 0.0395. The van der Waals surface area contributed by atoms with Gasteiger partial charge >= 0.3 is 0 Å². The normalized spacial score (nSPS) is 18.6. The summed E-state index contributed by atoms with van der Waals surface area (Å²) in [4.78, 5) is 6.47. The Hall–Kier alpha value is -2.38. The molecule has 100 valence electrons. The van der Waals surface area contributed by atoms with Crippen LogP contribution in [-0.4, -0.2) is 24.7 Å². The van der Waals surface area contributed by atoms with Gasteiger partial charge in [0.05, 0.1) is 12.2 Å². The molecule has 0 amide bonds. The number of aromatic nitrogens is 1. The summed E-state index contributed by atoms with van der Waals surface area (Å²) >= 11 is 0. The zero-order valence-corrected chi connectivity index (χ0v) is 11.1. The maximum atomic E-state index is 9.18. The van der Waals surface area contributed by atoms with Crippen molar-refractivity contribution in [2.45, 2.75) is 6.10 Å². The molecule has 0 radical (unpaired) electrons. The molecule has 1 atom stereocenters. The summed E-state index contributed by atoms with van der Waals surface area (Å²) in [6.07, 6.45) is 1.75. The van der Waals surface area contributed by atoms with E-state index in [1.165, 1.54) is 0 Å². The average Bonchev–Trinajstić information content (AvgIpc) is 2.56. The number of rotatable bonds is 2. The van der Waals surface area contributed by atoms with Gasteiger partial charge in [0.1, 0.15) is 18.0 Å². The fraction of sp³-hybridized carbons (Fsp3) is 0.250. The van der Waals surface area contributed by atoms with Crippen LogP contribution in [0.3, 0.4) is 0 Å². The van der Waals surface area contributed by atoms with Gasteiger partial charge in [0.2, 0.25) is 0 Å². The molecule has 1 aromatic heterocycles. The number of hydrogen-bond donors (Lipinski definition) is 0. The van der Waals surface area contributed by atoms with E-state index in [0.29, 0.717) is 12.2 Å². The molecular weight excluding hydrogens is 250 g/mol. The van der Waals surface area contributed by atoms with Crippen molar-refractivity contribution in [1.29, 1.82) is 5.26 Å². The van der Waals surface area contributed by atoms with E-state index in [4.69, 9.17) is 4.74 Å². The van der Waals surface area contributed by atoms with E-state index < -0.39 is 0 Å². The maximum absolute atomic E-state index is 9.18. The predicted molar refractivity (Wildman–Crippen MR) is 76.3 cm³/mol. The van der Waals surface area contributed by atoms with Gasteiger partial charge in [0.15, 0.2) is 0 Å². The number of nitriles is 1. The number of morpholine rings is 1. The zero-order valence-electron chi connectivity index (χ0n) is 11.1. The highest BCUT2D eigenvalue weighted by Gasteiger charge is 2.24. The zero-order chi connectivity index (χ0) is 13.8. The first-order valence-electron chi connectivity index (χ1n) is 6.65. The first-order valence-corrected chi connectivity index (χ1v) is 6.65. The topological polar surface area (TPSA) is 49.2 Å². The molecule has 0 spiro atoms. The molecule has 1 unspecified atom stereocenters. The van der Waals surface area contributed by atoms with Crippen LogP contribution in [0.5, 0.6) is 0 Å². The Morgan fingerprint density at radius 3 is 2.85 bits per heavy atom. The van der Waals surface area contributed by atoms with Crippen LogP contribution in [0.15, 0.2) is 48.7 Å². The average molecular weight is 265 g/mol. The summed E-state index contributed by atoms with van der Waals surface area (Å²) in [5.74, 6) is 0.749. The Kier molecular flexibility index (Phi) is 3.62. The Bertz CT molecular complexity index is 621. The summed E-state index contributed by atoms with van der Waals surface area (Å²) in [5, 5.41) is 9.18. The van der Waals surface area contributed by atoms with Crippen LogP contribution in [0.2, 0.25) is 0 Å². The lowest BCUT2D eigenvalue weighted by atomic mass is 10.1. The van der Waals surface area contributed by atoms with Crippen molar-refractivity contribution >= 4 is 5.82 Å². The molecule has 1 aliphatic heterocycles. The Morgan fingerprint density at radius 1 is 1.20 bits per heavy atom. The largest absolute Gasteiger partial charge is 0.370 e. The molecule has 4 heteroatoms. The molecule has 0 aliphatic carbocycles. The van der Waals surface area contributed by atoms with E-state index in [0.717, 1.165) is 24.5 Å². The van der Waals surface area contributed by atoms with E-state index in [-0.39, 0.29) is 6.10 Å². The van der Waals surface area contributed by atoms with Gasteiger partial charge in [-0.25, -0.2) is 4.98 Å². The number of hydrogen-bond acceptors (Lipinski definition) is 4. The van der Waals surface area contributed by atoms with Crippen LogP contribution in [0, 0.1) is 11.3 Å². The SMILES string of the molecule is N#Cc1cccnc1N1CCOC(c2ccccc2)C1. The summed E-state index contributed by atoms with van der Waals surface area (Å²) in [5.41, 5.74) is 1.77. The second-order valence-electron chi connectivity index (χ2n) is 4.70. The van der Waals surface area contributed by atoms with Gasteiger partial charge in [-0.05, 0) is 17.7 Å². The third-order valence-electron chi connectivity index (χ3n) is 3.44. The second kappa shape index (κ2) is 5.72. The molecule has 2 heterocycles. The first kappa shape index (κ1) is 12.6. The fourth-order valence-electron chi connectivity index (χ4n) is 2.45. The van der Waals surface area contributed by atoms with Crippen LogP contribution in [0.25, 0.3) is 0 Å². The van der Waals surface area contributed by atoms with Gasteiger partial charge in [-0.1, -0.05) is 30.3 Å². The number of benzene rings is 1. The first-order chi connectivity index (χ1) is 9.88. The Morgan fingerprint density at radius 2 is 2.05 bits per heavy atom. The number of nitrogens with zero attached hydrogens (tertiary/aromatic N) is 3. The van der Waals surface area contributed by atoms with Crippen LogP contribution in [-0.2, 0) is 4.74 Å². The Balaban J connectivity index is 1.84. The highest BCUT2D eigenvalue weighted by atomic mass is 16.5. The smallest absolute Gasteiger partial charge is 0.146 e. The van der Waals surface area contributed by atoms with Gasteiger partial charge in [0.25, 0.3) is 0 Å². The third kappa shape index (κ3) is 2.49. The van der Waals surface area contributed by atoms with E-state index in [1.807, 2.05) is 18.2 Å². The number of anilines is 1. The van der Waals surface area contributed by atoms with E-state index in [2.05, 4.69) is 28.1 Å². The van der Waals surface area contributed by atoms with Crippen molar-refractivity contribution in [2.24, 2.45) is 0 Å². The summed E-state index contributed by atoms with van der Waals surface area (Å²) < 4.78 is 5.84. The molecule has 0 N–H and O–H groups in total. The van der Waals surface area contributed by atoms with Gasteiger partial charge < -0.3 is 9.64 Å². The van der Waals surface area contributed by atoms with E-state index >= 15 is 0 Å². The van der Waals surface area contributed by atoms with Crippen molar-refractivity contribution in [3.8, 4) is 6.07 Å². The number of pyridine rings is 1. The van der Waals surface area contributed by atoms with Crippen molar-refractivity contribution in [3.63, 3.8) is 0 Å². The standard InChI is InChI=1S/C16H15N3O/c17-11-14-7-4-8-18-16(14)19-9-10-20-15(12-19)13-5-2-1-3-6-13/h1-8,15H,9-10,12H2. The van der Waals surface area contributed by atoms with Gasteiger partial charge in [-0.15, -0.1) is 0 Å². The molecule has 4 nitrogen and oxygen atoms in total. The summed E-state index contributed by atoms with van der Waals surface area (Å²) in [7, 11) is 0. The van der Waals surface area contributed by atoms with Crippen LogP contribution >= 0.6 is 0 Å². The van der Waals surface area contributed by atoms with E-state index in [9.17, 15) is 5.26 Å². The lowest BCUT2D eigenvalue weighted by Gasteiger charge is -2.34. The van der Waals surface area contributed by atoms with Gasteiger partial charge in [-0.3, -0.25) is 0 Å². The monoisotopic (exact) mass is 265 g/mol. The molecule has 1 saturated heterocycles. The van der Waals surface area contributed by atoms with Crippen molar-refractivity contribution in [2.75, 3.05) is 24.6 Å². The van der Waals surface area contributed by atoms with Crippen LogP contribution < -0.4 is 4.90 Å². The maximum Gasteiger partial charge on any atom is 0.146 e. The second-order valence-corrected chi connectivity index (χ2v) is 4.70. The molecule has 0 bridgehead atoms. The summed E-state index contributed by atoms with van der Waals surface area (Å²) in [6.45, 7) is 2.12. The minimum atomic E-state index is 0.0264. The molecule has 2 aromatic rings. The lowest BCUT2D eigenvalue weighted by Crippen LogP contribution is -2.39. The fourth-order valence-corrected chi connectivity index (χ4v) is 2.45. The minimum Gasteiger partial charge on any atom is -0.370 e. The molecule has 3 rings (SSSR count). The molecule has 0 saturated carbocycles. The Labute approximate surface area is 118 Å². The van der Waals surface area contributed by atoms with Gasteiger partial charge in [0, 0.05) is 19.3 Å². The summed E-state index contributed by atoms with van der Waals surface area (Å²) in [6, 6.07) is 15.9. The van der Waals surface area contributed by atoms with Crippen molar-refractivity contribution < 1.29 is 4.74 Å². The predicted octanol–water partition coefficient (Wildman–Crippen LogP) is 2.53. The highest BCUT2D eigenvalue weighted by molar-refractivity contribution is 5.53. The van der Waals surface area contributed by atoms with E-state index in [1.54, 1.807) is 18.3 Å². The van der Waals surface area contributed by atoms with Crippen LogP contribution in [0.4, 0.5) is 5.82 Å². The molecule has 1 fully saturated rings. The molecule has 1 aromatic carbocycles. The minimum absolute atomic E-state index is 0.0264. The highest BCUT2D eigenvalue weighted by Crippen LogP contribution is 2.26. The van der Waals surface area contributed by atoms with Crippen molar-refractivity contribution in [1.82, 2.24) is 4.98 Å². The third-order valence-corrected chi connectivity index (χ3v) is 3.44. The quantitative estimate of drug-likeness (QED) is 0.837. The number of ether oxygens (including phenoxy) is 1. The molecular formula is C16H15N3O. The van der Waals surface area contributed by atoms with Crippen molar-refractivity contribution in [3.05, 3.63) is 59.8 Å². The van der Waals surface area contributed by atoms with Crippen LogP contribution in [0.1, 0.15) is 17.2 Å². The van der Waals surface area contributed by atoms with Gasteiger partial charge in [-0.2, -0.15) is 5.26 Å². The molecule has 20 heavy (non-hydrogen) atoms.